The first kappa shape index (κ1) is 19.1. The van der Waals surface area contributed by atoms with E-state index >= 15 is 0 Å². The molecule has 3 heterocycles. The number of hydrazone groups is 1. The van der Waals surface area contributed by atoms with Crippen molar-refractivity contribution < 1.29 is 9.53 Å². The zero-order chi connectivity index (χ0) is 21.2. The summed E-state index contributed by atoms with van der Waals surface area (Å²) in [5, 5.41) is 7.42. The molecule has 0 saturated carbocycles. The molecule has 1 N–H and O–H groups in total. The van der Waals surface area contributed by atoms with Crippen LogP contribution >= 0.6 is 11.6 Å². The summed E-state index contributed by atoms with van der Waals surface area (Å²) in [5.74, 6) is 0.0569. The van der Waals surface area contributed by atoms with Crippen LogP contribution in [-0.2, 0) is 9.53 Å². The van der Waals surface area contributed by atoms with Gasteiger partial charge >= 0.3 is 0 Å². The van der Waals surface area contributed by atoms with E-state index in [9.17, 15) is 4.79 Å². The van der Waals surface area contributed by atoms with E-state index in [0.29, 0.717) is 10.9 Å². The number of benzene rings is 2. The molecule has 4 aromatic rings. The summed E-state index contributed by atoms with van der Waals surface area (Å²) in [6.07, 6.45) is 7.64. The Morgan fingerprint density at radius 1 is 1.10 bits per heavy atom. The van der Waals surface area contributed by atoms with Gasteiger partial charge in [0.2, 0.25) is 12.1 Å². The van der Waals surface area contributed by atoms with E-state index in [1.54, 1.807) is 42.7 Å². The number of amides is 1. The molecule has 0 spiro atoms. The van der Waals surface area contributed by atoms with E-state index < -0.39 is 6.23 Å². The minimum atomic E-state index is -0.698. The fourth-order valence-electron chi connectivity index (χ4n) is 3.46. The molecule has 0 saturated heterocycles. The number of halogens is 1. The number of nitrogens with zero attached hydrogens (tertiary/aromatic N) is 3. The topological polar surface area (TPSA) is 70.6 Å². The van der Waals surface area contributed by atoms with Gasteiger partial charge in [-0.1, -0.05) is 41.9 Å². The second-order valence-corrected chi connectivity index (χ2v) is 7.41. The fraction of sp³-hybridized carbons (Fsp3) is 0.0417. The van der Waals surface area contributed by atoms with Crippen molar-refractivity contribution in [1.82, 2.24) is 15.0 Å². The number of ether oxygens (including phenoxy) is 1. The normalized spacial score (nSPS) is 16.0. The van der Waals surface area contributed by atoms with Crippen molar-refractivity contribution in [2.24, 2.45) is 5.10 Å². The maximum absolute atomic E-state index is 13.1. The first-order chi connectivity index (χ1) is 15.2. The van der Waals surface area contributed by atoms with Gasteiger partial charge in [0.15, 0.2) is 0 Å². The lowest BCUT2D eigenvalue weighted by Gasteiger charge is -2.18. The smallest absolute Gasteiger partial charge is 0.270 e. The quantitative estimate of drug-likeness (QED) is 0.457. The highest BCUT2D eigenvalue weighted by Crippen LogP contribution is 2.34. The minimum Gasteiger partial charge on any atom is -0.446 e. The molecule has 0 radical (unpaired) electrons. The van der Waals surface area contributed by atoms with Crippen LogP contribution in [0.5, 0.6) is 0 Å². The predicted octanol–water partition coefficient (Wildman–Crippen LogP) is 5.15. The molecule has 1 amide bonds. The third-order valence-electron chi connectivity index (χ3n) is 4.95. The number of carbonyl (C=O) groups is 1. The van der Waals surface area contributed by atoms with Crippen molar-refractivity contribution in [2.75, 3.05) is 0 Å². The van der Waals surface area contributed by atoms with Gasteiger partial charge in [-0.15, -0.1) is 5.10 Å². The summed E-state index contributed by atoms with van der Waals surface area (Å²) in [7, 11) is 0. The summed E-state index contributed by atoms with van der Waals surface area (Å²) in [6, 6.07) is 18.7. The zero-order valence-electron chi connectivity index (χ0n) is 16.3. The number of hydrogen-bond acceptors (Lipinski definition) is 4. The number of carbonyl (C=O) groups excluding carboxylic acids is 1. The van der Waals surface area contributed by atoms with Crippen LogP contribution in [0.3, 0.4) is 0 Å². The highest BCUT2D eigenvalue weighted by Gasteiger charge is 2.35. The molecule has 0 fully saturated rings. The molecule has 31 heavy (non-hydrogen) atoms. The van der Waals surface area contributed by atoms with Crippen molar-refractivity contribution in [2.45, 2.75) is 6.23 Å². The Labute approximate surface area is 183 Å². The average molecular weight is 429 g/mol. The largest absolute Gasteiger partial charge is 0.446 e. The third kappa shape index (κ3) is 3.81. The highest BCUT2D eigenvalue weighted by atomic mass is 35.5. The first-order valence-electron chi connectivity index (χ1n) is 9.67. The standard InChI is InChI=1S/C24H17ClN4O2/c25-18-5-3-4-16(14-18)8-9-22(30)29-24(20-15-27-21-7-2-1-6-19(20)21)31-23(28-29)17-10-12-26-13-11-17/h1-15,24,27H/b9-8-. The van der Waals surface area contributed by atoms with E-state index in [0.717, 1.165) is 27.6 Å². The van der Waals surface area contributed by atoms with E-state index in [2.05, 4.69) is 15.1 Å². The molecule has 1 aliphatic rings. The van der Waals surface area contributed by atoms with E-state index in [1.807, 2.05) is 42.6 Å². The second kappa shape index (κ2) is 8.08. The molecule has 1 atom stereocenters. The zero-order valence-corrected chi connectivity index (χ0v) is 17.0. The molecule has 1 unspecified atom stereocenters. The van der Waals surface area contributed by atoms with Crippen LogP contribution in [-0.4, -0.2) is 26.8 Å². The number of H-pyrrole nitrogens is 1. The van der Waals surface area contributed by atoms with Crippen LogP contribution in [0.1, 0.15) is 22.9 Å². The van der Waals surface area contributed by atoms with Gasteiger partial charge < -0.3 is 9.72 Å². The van der Waals surface area contributed by atoms with Gasteiger partial charge in [-0.05, 0) is 42.0 Å². The lowest BCUT2D eigenvalue weighted by Crippen LogP contribution is -2.26. The van der Waals surface area contributed by atoms with Crippen LogP contribution in [0, 0.1) is 0 Å². The van der Waals surface area contributed by atoms with Gasteiger partial charge in [0.25, 0.3) is 5.91 Å². The Morgan fingerprint density at radius 2 is 1.94 bits per heavy atom. The van der Waals surface area contributed by atoms with Gasteiger partial charge in [0.05, 0.1) is 0 Å². The van der Waals surface area contributed by atoms with Gasteiger partial charge in [0, 0.05) is 51.7 Å². The molecule has 2 aromatic heterocycles. The molecule has 7 heteroatoms. The number of pyridine rings is 1. The maximum atomic E-state index is 13.1. The second-order valence-electron chi connectivity index (χ2n) is 6.97. The number of fused-ring (bicyclic) bond motifs is 1. The van der Waals surface area contributed by atoms with Gasteiger partial charge in [-0.2, -0.15) is 5.01 Å². The molecule has 5 rings (SSSR count). The van der Waals surface area contributed by atoms with E-state index in [1.165, 1.54) is 11.1 Å². The summed E-state index contributed by atoms with van der Waals surface area (Å²) < 4.78 is 6.16. The maximum Gasteiger partial charge on any atom is 0.270 e. The summed E-state index contributed by atoms with van der Waals surface area (Å²) in [5.41, 5.74) is 3.35. The van der Waals surface area contributed by atoms with Gasteiger partial charge in [-0.25, -0.2) is 0 Å². The number of rotatable bonds is 4. The van der Waals surface area contributed by atoms with E-state index in [-0.39, 0.29) is 5.91 Å². The van der Waals surface area contributed by atoms with Crippen molar-refractivity contribution in [1.29, 1.82) is 0 Å². The fourth-order valence-corrected chi connectivity index (χ4v) is 3.66. The summed E-state index contributed by atoms with van der Waals surface area (Å²) in [6.45, 7) is 0. The Hall–Kier alpha value is -3.90. The molecule has 152 valence electrons. The Balaban J connectivity index is 1.51. The Bertz CT molecular complexity index is 1310. The van der Waals surface area contributed by atoms with E-state index in [4.69, 9.17) is 16.3 Å². The third-order valence-corrected chi connectivity index (χ3v) is 5.19. The van der Waals surface area contributed by atoms with Crippen LogP contribution in [0.4, 0.5) is 0 Å². The predicted molar refractivity (Wildman–Crippen MR) is 120 cm³/mol. The number of aromatic amines is 1. The highest BCUT2D eigenvalue weighted by molar-refractivity contribution is 6.30. The number of nitrogens with one attached hydrogen (secondary N) is 1. The SMILES string of the molecule is O=C(/C=C\c1cccc(Cl)c1)N1N=C(c2ccncc2)OC1c1c[nH]c2ccccc12. The van der Waals surface area contributed by atoms with Gasteiger partial charge in [0.1, 0.15) is 0 Å². The molecule has 2 aromatic carbocycles. The minimum absolute atomic E-state index is 0.306. The van der Waals surface area contributed by atoms with Crippen molar-refractivity contribution in [3.63, 3.8) is 0 Å². The molecular formula is C24H17ClN4O2. The van der Waals surface area contributed by atoms with Crippen molar-refractivity contribution in [3.05, 3.63) is 107 Å². The summed E-state index contributed by atoms with van der Waals surface area (Å²) >= 11 is 6.04. The first-order valence-corrected chi connectivity index (χ1v) is 10.1. The van der Waals surface area contributed by atoms with Crippen LogP contribution < -0.4 is 0 Å². The Kier molecular flexibility index (Phi) is 4.98. The summed E-state index contributed by atoms with van der Waals surface area (Å²) in [4.78, 5) is 20.4. The van der Waals surface area contributed by atoms with Crippen LogP contribution in [0.15, 0.2) is 90.4 Å². The number of aromatic nitrogens is 2. The molecule has 0 bridgehead atoms. The molecule has 0 aliphatic carbocycles. The van der Waals surface area contributed by atoms with Crippen molar-refractivity contribution in [3.8, 4) is 0 Å². The lowest BCUT2D eigenvalue weighted by atomic mass is 10.1. The Morgan fingerprint density at radius 3 is 2.77 bits per heavy atom. The monoisotopic (exact) mass is 428 g/mol. The lowest BCUT2D eigenvalue weighted by molar-refractivity contribution is -0.132. The molecular weight excluding hydrogens is 412 g/mol. The molecule has 1 aliphatic heterocycles. The van der Waals surface area contributed by atoms with Gasteiger partial charge in [-0.3, -0.25) is 9.78 Å². The molecule has 6 nitrogen and oxygen atoms in total. The van der Waals surface area contributed by atoms with Crippen molar-refractivity contribution >= 4 is 40.4 Å². The average Bonchev–Trinajstić information content (AvgIpc) is 3.42. The van der Waals surface area contributed by atoms with Crippen LogP contribution in [0.25, 0.3) is 17.0 Å². The number of para-hydroxylation sites is 1. The van der Waals surface area contributed by atoms with Crippen LogP contribution in [0.2, 0.25) is 5.02 Å². The number of hydrogen-bond donors (Lipinski definition) is 1.